The summed E-state index contributed by atoms with van der Waals surface area (Å²) in [6, 6.07) is -1.06. The highest BCUT2D eigenvalue weighted by Crippen LogP contribution is 1.94. The predicted molar refractivity (Wildman–Crippen MR) is 55.4 cm³/mol. The Hall–Kier alpha value is -1.90. The normalized spacial score (nSPS) is 11.6. The van der Waals surface area contributed by atoms with Crippen molar-refractivity contribution >= 4 is 11.9 Å². The van der Waals surface area contributed by atoms with E-state index in [2.05, 4.69) is 10.2 Å². The molecule has 0 saturated carbocycles. The van der Waals surface area contributed by atoms with Gasteiger partial charge in [0.1, 0.15) is 6.04 Å². The molecule has 0 saturated heterocycles. The number of hydrogen-bond acceptors (Lipinski definition) is 6. The van der Waals surface area contributed by atoms with Crippen LogP contribution >= 0.6 is 0 Å². The van der Waals surface area contributed by atoms with Gasteiger partial charge in [-0.2, -0.15) is 0 Å². The van der Waals surface area contributed by atoms with Crippen molar-refractivity contribution in [1.82, 2.24) is 5.32 Å². The van der Waals surface area contributed by atoms with Crippen molar-refractivity contribution in [2.24, 2.45) is 5.73 Å². The fourth-order valence-electron chi connectivity index (χ4n) is 0.938. The highest BCUT2D eigenvalue weighted by atomic mass is 16.9. The number of nitrogens with one attached hydrogen (secondary N) is 1. The van der Waals surface area contributed by atoms with Crippen molar-refractivity contribution in [3.63, 3.8) is 0 Å². The van der Waals surface area contributed by atoms with E-state index in [1.807, 2.05) is 0 Å². The molecule has 98 valence electrons. The molecule has 1 amide bonds. The van der Waals surface area contributed by atoms with E-state index in [-0.39, 0.29) is 31.9 Å². The summed E-state index contributed by atoms with van der Waals surface area (Å²) >= 11 is 0. The highest BCUT2D eigenvalue weighted by molar-refractivity contribution is 5.78. The van der Waals surface area contributed by atoms with Crippen LogP contribution in [0.4, 0.5) is 0 Å². The Bertz CT molecular complexity index is 282. The molecular weight excluding hydrogens is 234 g/mol. The lowest BCUT2D eigenvalue weighted by Crippen LogP contribution is -2.33. The topological polar surface area (TPSA) is 145 Å². The largest absolute Gasteiger partial charge is 0.480 e. The zero-order valence-corrected chi connectivity index (χ0v) is 9.13. The molecule has 0 heterocycles. The molecule has 1 unspecified atom stereocenters. The molecule has 4 N–H and O–H groups in total. The van der Waals surface area contributed by atoms with Gasteiger partial charge in [-0.25, -0.2) is 0 Å². The van der Waals surface area contributed by atoms with Gasteiger partial charge in [0.05, 0.1) is 6.61 Å². The van der Waals surface area contributed by atoms with Gasteiger partial charge in [-0.05, 0) is 12.8 Å². The molecule has 1 atom stereocenters. The molecule has 0 bridgehead atoms. The van der Waals surface area contributed by atoms with Crippen LogP contribution in [0.3, 0.4) is 0 Å². The van der Waals surface area contributed by atoms with Gasteiger partial charge < -0.3 is 21.0 Å². The first-order valence-corrected chi connectivity index (χ1v) is 4.96. The van der Waals surface area contributed by atoms with Gasteiger partial charge in [-0.15, -0.1) is 10.1 Å². The predicted octanol–water partition coefficient (Wildman–Crippen LogP) is -1.11. The number of aliphatic carboxylic acids is 1. The summed E-state index contributed by atoms with van der Waals surface area (Å²) in [5.41, 5.74) is 5.20. The lowest BCUT2D eigenvalue weighted by Gasteiger charge is -2.07. The summed E-state index contributed by atoms with van der Waals surface area (Å²) < 4.78 is 0. The van der Waals surface area contributed by atoms with Crippen LogP contribution in [-0.4, -0.2) is 41.3 Å². The minimum atomic E-state index is -1.16. The number of hydrogen-bond donors (Lipinski definition) is 3. The molecule has 0 rings (SSSR count). The van der Waals surface area contributed by atoms with Gasteiger partial charge in [0, 0.05) is 13.0 Å². The number of carbonyl (C=O) groups excluding carboxylic acids is 1. The second-order valence-electron chi connectivity index (χ2n) is 3.24. The monoisotopic (exact) mass is 249 g/mol. The smallest absolute Gasteiger partial charge is 0.320 e. The molecule has 0 aromatic heterocycles. The van der Waals surface area contributed by atoms with Gasteiger partial charge in [-0.1, -0.05) is 0 Å². The Balaban J connectivity index is 3.47. The molecule has 0 spiro atoms. The number of nitrogens with zero attached hydrogens (tertiary/aromatic N) is 1. The van der Waals surface area contributed by atoms with Gasteiger partial charge in [0.2, 0.25) is 5.91 Å². The van der Waals surface area contributed by atoms with Crippen molar-refractivity contribution in [2.45, 2.75) is 25.3 Å². The van der Waals surface area contributed by atoms with E-state index in [1.165, 1.54) is 0 Å². The van der Waals surface area contributed by atoms with E-state index < -0.39 is 17.1 Å². The minimum Gasteiger partial charge on any atom is -0.480 e. The number of amides is 1. The second-order valence-corrected chi connectivity index (χ2v) is 3.24. The van der Waals surface area contributed by atoms with Crippen molar-refractivity contribution in [3.8, 4) is 0 Å². The van der Waals surface area contributed by atoms with E-state index in [4.69, 9.17) is 10.8 Å². The van der Waals surface area contributed by atoms with Crippen LogP contribution in [0.2, 0.25) is 0 Å². The molecule has 0 aliphatic rings. The zero-order valence-electron chi connectivity index (χ0n) is 9.13. The van der Waals surface area contributed by atoms with Crippen LogP contribution in [0.25, 0.3) is 0 Å². The van der Waals surface area contributed by atoms with E-state index in [0.29, 0.717) is 6.42 Å². The summed E-state index contributed by atoms with van der Waals surface area (Å²) in [7, 11) is 0. The van der Waals surface area contributed by atoms with Crippen LogP contribution in [0, 0.1) is 10.1 Å². The Morgan fingerprint density at radius 2 is 2.18 bits per heavy atom. The third-order valence-electron chi connectivity index (χ3n) is 1.84. The van der Waals surface area contributed by atoms with E-state index in [0.717, 1.165) is 0 Å². The summed E-state index contributed by atoms with van der Waals surface area (Å²) in [5, 5.41) is 19.8. The summed E-state index contributed by atoms with van der Waals surface area (Å²) in [4.78, 5) is 35.3. The summed E-state index contributed by atoms with van der Waals surface area (Å²) in [6.07, 6.45) is 0.355. The van der Waals surface area contributed by atoms with Crippen LogP contribution < -0.4 is 11.1 Å². The first-order valence-electron chi connectivity index (χ1n) is 4.96. The SMILES string of the molecule is NC(CCC(=O)NCCCO[N+](=O)[O-])C(=O)O. The van der Waals surface area contributed by atoms with Gasteiger partial charge in [0.25, 0.3) is 5.09 Å². The fourth-order valence-corrected chi connectivity index (χ4v) is 0.938. The third kappa shape index (κ3) is 9.05. The molecule has 9 nitrogen and oxygen atoms in total. The maximum atomic E-state index is 11.1. The number of nitrogens with two attached hydrogens (primary N) is 1. The van der Waals surface area contributed by atoms with Gasteiger partial charge >= 0.3 is 5.97 Å². The maximum absolute atomic E-state index is 11.1. The van der Waals surface area contributed by atoms with Crippen molar-refractivity contribution in [2.75, 3.05) is 13.2 Å². The van der Waals surface area contributed by atoms with E-state index in [9.17, 15) is 19.7 Å². The number of carboxylic acid groups (broad SMARTS) is 1. The maximum Gasteiger partial charge on any atom is 0.320 e. The first-order chi connectivity index (χ1) is 7.93. The van der Waals surface area contributed by atoms with Gasteiger partial charge in [0.15, 0.2) is 0 Å². The Morgan fingerprint density at radius 3 is 2.71 bits per heavy atom. The molecule has 0 fully saturated rings. The summed E-state index contributed by atoms with van der Waals surface area (Å²) in [5.74, 6) is -1.50. The summed E-state index contributed by atoms with van der Waals surface area (Å²) in [6.45, 7) is 0.136. The molecule has 9 heteroatoms. The molecule has 0 aromatic carbocycles. The molecule has 0 aliphatic heterocycles. The molecule has 17 heavy (non-hydrogen) atoms. The first kappa shape index (κ1) is 15.1. The fraction of sp³-hybridized carbons (Fsp3) is 0.750. The van der Waals surface area contributed by atoms with E-state index >= 15 is 0 Å². The van der Waals surface area contributed by atoms with E-state index in [1.54, 1.807) is 0 Å². The molecule has 0 aromatic rings. The lowest BCUT2D eigenvalue weighted by atomic mass is 10.1. The van der Waals surface area contributed by atoms with Crippen molar-refractivity contribution in [1.29, 1.82) is 0 Å². The van der Waals surface area contributed by atoms with Crippen LogP contribution in [0.15, 0.2) is 0 Å². The Kier molecular flexibility index (Phi) is 7.35. The Labute approximate surface area is 97.0 Å². The average Bonchev–Trinajstić information content (AvgIpc) is 2.24. The highest BCUT2D eigenvalue weighted by Gasteiger charge is 2.12. The standard InChI is InChI=1S/C8H15N3O6/c9-6(8(13)14)2-3-7(12)10-4-1-5-17-11(15)16/h6H,1-5,9H2,(H,10,12)(H,13,14). The second kappa shape index (κ2) is 8.28. The zero-order chi connectivity index (χ0) is 13.3. The number of carboxylic acids is 1. The molecule has 0 radical (unpaired) electrons. The number of carbonyl (C=O) groups is 2. The van der Waals surface area contributed by atoms with Gasteiger partial charge in [-0.3, -0.25) is 9.59 Å². The van der Waals surface area contributed by atoms with Crippen LogP contribution in [0.1, 0.15) is 19.3 Å². The molecule has 0 aliphatic carbocycles. The minimum absolute atomic E-state index is 0.00353. The van der Waals surface area contributed by atoms with Crippen LogP contribution in [0.5, 0.6) is 0 Å². The lowest BCUT2D eigenvalue weighted by molar-refractivity contribution is -0.757. The number of rotatable bonds is 9. The molecular formula is C8H15N3O6. The van der Waals surface area contributed by atoms with Crippen LogP contribution in [-0.2, 0) is 14.4 Å². The Morgan fingerprint density at radius 1 is 1.53 bits per heavy atom. The quantitative estimate of drug-likeness (QED) is 0.267. The third-order valence-corrected chi connectivity index (χ3v) is 1.84. The average molecular weight is 249 g/mol. The van der Waals surface area contributed by atoms with Crippen molar-refractivity contribution < 1.29 is 24.6 Å². The van der Waals surface area contributed by atoms with Crippen molar-refractivity contribution in [3.05, 3.63) is 10.1 Å².